The van der Waals surface area contributed by atoms with E-state index in [1.165, 1.54) is 25.5 Å². The van der Waals surface area contributed by atoms with Crippen molar-refractivity contribution in [3.8, 4) is 17.2 Å². The fourth-order valence-electron chi connectivity index (χ4n) is 2.03. The van der Waals surface area contributed by atoms with Crippen LogP contribution in [-0.4, -0.2) is 28.8 Å². The van der Waals surface area contributed by atoms with Crippen molar-refractivity contribution in [1.29, 1.82) is 0 Å². The zero-order valence-corrected chi connectivity index (χ0v) is 13.7. The van der Waals surface area contributed by atoms with E-state index in [0.717, 1.165) is 17.8 Å². The number of Topliss-reactive ketones (excluding diaryl/α,β-unsaturated/α-hetero) is 1. The number of carbonyl (C=O) groups excluding carboxylic acids is 1. The average Bonchev–Trinajstić information content (AvgIpc) is 3.21. The predicted octanol–water partition coefficient (Wildman–Crippen LogP) is 3.76. The number of thioether (sulfide) groups is 1. The van der Waals surface area contributed by atoms with Gasteiger partial charge in [0.15, 0.2) is 17.3 Å². The van der Waals surface area contributed by atoms with E-state index in [9.17, 15) is 9.18 Å². The van der Waals surface area contributed by atoms with Crippen molar-refractivity contribution in [2.45, 2.75) is 12.1 Å². The number of methoxy groups -OCH3 is 1. The maximum absolute atomic E-state index is 13.6. The molecule has 8 heteroatoms. The number of aromatic nitrogens is 2. The summed E-state index contributed by atoms with van der Waals surface area (Å²) >= 11 is 1.09. The summed E-state index contributed by atoms with van der Waals surface area (Å²) in [7, 11) is 1.37. The van der Waals surface area contributed by atoms with E-state index in [1.807, 2.05) is 0 Å². The molecule has 0 radical (unpaired) electrons. The highest BCUT2D eigenvalue weighted by molar-refractivity contribution is 7.99. The SMILES string of the molecule is COc1ccc(C(=O)CSc2nnc(-c3ccoc3C)o2)cc1F. The molecule has 2 heterocycles. The number of aryl methyl sites for hydroxylation is 1. The molecule has 0 saturated carbocycles. The van der Waals surface area contributed by atoms with Crippen molar-refractivity contribution in [3.63, 3.8) is 0 Å². The first-order valence-electron chi connectivity index (χ1n) is 6.96. The van der Waals surface area contributed by atoms with Crippen LogP contribution in [0.3, 0.4) is 0 Å². The van der Waals surface area contributed by atoms with E-state index in [4.69, 9.17) is 13.6 Å². The minimum absolute atomic E-state index is 0.0533. The first-order valence-corrected chi connectivity index (χ1v) is 7.94. The highest BCUT2D eigenvalue weighted by atomic mass is 32.2. The van der Waals surface area contributed by atoms with Gasteiger partial charge in [-0.2, -0.15) is 0 Å². The Morgan fingerprint density at radius 3 is 2.83 bits per heavy atom. The molecule has 0 spiro atoms. The Morgan fingerprint density at radius 2 is 2.17 bits per heavy atom. The lowest BCUT2D eigenvalue weighted by atomic mass is 10.1. The van der Waals surface area contributed by atoms with Crippen molar-refractivity contribution >= 4 is 17.5 Å². The van der Waals surface area contributed by atoms with Gasteiger partial charge in [-0.15, -0.1) is 10.2 Å². The second-order valence-electron chi connectivity index (χ2n) is 4.82. The lowest BCUT2D eigenvalue weighted by molar-refractivity contribution is 0.102. The summed E-state index contributed by atoms with van der Waals surface area (Å²) in [6.45, 7) is 1.79. The Kier molecular flexibility index (Phi) is 4.66. The van der Waals surface area contributed by atoms with Gasteiger partial charge in [0, 0.05) is 5.56 Å². The Labute approximate surface area is 141 Å². The van der Waals surface area contributed by atoms with Crippen LogP contribution in [0, 0.1) is 12.7 Å². The molecule has 0 unspecified atom stereocenters. The van der Waals surface area contributed by atoms with Crippen LogP contribution in [0.5, 0.6) is 5.75 Å². The molecule has 0 N–H and O–H groups in total. The van der Waals surface area contributed by atoms with Gasteiger partial charge in [0.1, 0.15) is 5.76 Å². The molecule has 2 aromatic heterocycles. The summed E-state index contributed by atoms with van der Waals surface area (Å²) in [4.78, 5) is 12.1. The van der Waals surface area contributed by atoms with Crippen LogP contribution in [0.2, 0.25) is 0 Å². The number of carbonyl (C=O) groups is 1. The molecular weight excluding hydrogens is 335 g/mol. The van der Waals surface area contributed by atoms with Crippen LogP contribution in [0.1, 0.15) is 16.1 Å². The second-order valence-corrected chi connectivity index (χ2v) is 5.75. The third-order valence-corrected chi connectivity index (χ3v) is 4.11. The number of nitrogens with zero attached hydrogens (tertiary/aromatic N) is 2. The molecule has 0 saturated heterocycles. The van der Waals surface area contributed by atoms with Gasteiger partial charge in [-0.25, -0.2) is 4.39 Å². The van der Waals surface area contributed by atoms with Gasteiger partial charge in [-0.05, 0) is 31.2 Å². The fraction of sp³-hybridized carbons (Fsp3) is 0.188. The largest absolute Gasteiger partial charge is 0.494 e. The highest BCUT2D eigenvalue weighted by Crippen LogP contribution is 2.27. The van der Waals surface area contributed by atoms with Crippen LogP contribution in [0.15, 0.2) is 44.6 Å². The van der Waals surface area contributed by atoms with E-state index in [2.05, 4.69) is 10.2 Å². The standard InChI is InChI=1S/C16H13FN2O4S/c1-9-11(5-6-22-9)15-18-19-16(23-15)24-8-13(20)10-3-4-14(21-2)12(17)7-10/h3-7H,8H2,1-2H3. The third-order valence-electron chi connectivity index (χ3n) is 3.30. The maximum Gasteiger partial charge on any atom is 0.277 e. The maximum atomic E-state index is 13.6. The van der Waals surface area contributed by atoms with Crippen molar-refractivity contribution in [2.75, 3.05) is 12.9 Å². The molecule has 24 heavy (non-hydrogen) atoms. The molecule has 3 rings (SSSR count). The van der Waals surface area contributed by atoms with Gasteiger partial charge in [0.2, 0.25) is 0 Å². The molecule has 0 aliphatic heterocycles. The summed E-state index contributed by atoms with van der Waals surface area (Å²) < 4.78 is 29.1. The van der Waals surface area contributed by atoms with E-state index < -0.39 is 5.82 Å². The number of ether oxygens (including phenoxy) is 1. The summed E-state index contributed by atoms with van der Waals surface area (Å²) in [5.41, 5.74) is 0.962. The molecular formula is C16H13FN2O4S. The Balaban J connectivity index is 1.66. The quantitative estimate of drug-likeness (QED) is 0.496. The summed E-state index contributed by atoms with van der Waals surface area (Å²) in [6.07, 6.45) is 1.53. The second kappa shape index (κ2) is 6.88. The van der Waals surface area contributed by atoms with Crippen LogP contribution in [-0.2, 0) is 0 Å². The minimum atomic E-state index is -0.580. The van der Waals surface area contributed by atoms with Gasteiger partial charge in [-0.1, -0.05) is 11.8 Å². The number of halogens is 1. The Morgan fingerprint density at radius 1 is 1.33 bits per heavy atom. The van der Waals surface area contributed by atoms with Crippen LogP contribution in [0.25, 0.3) is 11.5 Å². The fourth-order valence-corrected chi connectivity index (χ4v) is 2.69. The Bertz CT molecular complexity index is 875. The number of hydrogen-bond acceptors (Lipinski definition) is 7. The van der Waals surface area contributed by atoms with E-state index >= 15 is 0 Å². The van der Waals surface area contributed by atoms with Gasteiger partial charge in [0.05, 0.1) is 24.7 Å². The van der Waals surface area contributed by atoms with Crippen LogP contribution >= 0.6 is 11.8 Å². The number of hydrogen-bond donors (Lipinski definition) is 0. The van der Waals surface area contributed by atoms with Gasteiger partial charge in [-0.3, -0.25) is 4.79 Å². The van der Waals surface area contributed by atoms with Crippen molar-refractivity contribution in [2.24, 2.45) is 0 Å². The van der Waals surface area contributed by atoms with Gasteiger partial charge < -0.3 is 13.6 Å². The van der Waals surface area contributed by atoms with E-state index in [1.54, 1.807) is 13.0 Å². The lowest BCUT2D eigenvalue weighted by Crippen LogP contribution is -2.03. The Hall–Kier alpha value is -2.61. The number of ketones is 1. The zero-order valence-electron chi connectivity index (χ0n) is 12.9. The van der Waals surface area contributed by atoms with Crippen LogP contribution in [0.4, 0.5) is 4.39 Å². The average molecular weight is 348 g/mol. The molecule has 124 valence electrons. The van der Waals surface area contributed by atoms with Crippen LogP contribution < -0.4 is 4.74 Å². The minimum Gasteiger partial charge on any atom is -0.494 e. The molecule has 0 fully saturated rings. The number of benzene rings is 1. The molecule has 0 aliphatic rings. The van der Waals surface area contributed by atoms with E-state index in [0.29, 0.717) is 17.2 Å². The van der Waals surface area contributed by atoms with E-state index in [-0.39, 0.29) is 28.1 Å². The zero-order chi connectivity index (χ0) is 17.1. The number of rotatable bonds is 6. The summed E-state index contributed by atoms with van der Waals surface area (Å²) in [5, 5.41) is 8.06. The molecule has 1 aromatic carbocycles. The molecule has 6 nitrogen and oxygen atoms in total. The molecule has 0 amide bonds. The summed E-state index contributed by atoms with van der Waals surface area (Å²) in [5.74, 6) is 0.310. The normalized spacial score (nSPS) is 10.8. The first-order chi connectivity index (χ1) is 11.6. The van der Waals surface area contributed by atoms with Gasteiger partial charge >= 0.3 is 0 Å². The smallest absolute Gasteiger partial charge is 0.277 e. The number of furan rings is 1. The topological polar surface area (TPSA) is 78.4 Å². The lowest BCUT2D eigenvalue weighted by Gasteiger charge is -2.03. The molecule has 0 aliphatic carbocycles. The monoisotopic (exact) mass is 348 g/mol. The highest BCUT2D eigenvalue weighted by Gasteiger charge is 2.16. The van der Waals surface area contributed by atoms with Crippen molar-refractivity contribution < 1.29 is 22.8 Å². The van der Waals surface area contributed by atoms with Crippen molar-refractivity contribution in [3.05, 3.63) is 47.7 Å². The summed E-state index contributed by atoms with van der Waals surface area (Å²) in [6, 6.07) is 5.80. The molecule has 0 bridgehead atoms. The predicted molar refractivity (Wildman–Crippen MR) is 84.7 cm³/mol. The van der Waals surface area contributed by atoms with Crippen molar-refractivity contribution in [1.82, 2.24) is 10.2 Å². The first kappa shape index (κ1) is 16.3. The van der Waals surface area contributed by atoms with Gasteiger partial charge in [0.25, 0.3) is 11.1 Å². The third kappa shape index (κ3) is 3.33. The molecule has 0 atom stereocenters. The molecule has 3 aromatic rings.